The maximum atomic E-state index is 5.99. The molecule has 1 aliphatic heterocycles. The molecule has 2 rings (SSSR count). The number of nitrogens with zero attached hydrogens (tertiary/aromatic N) is 1. The Morgan fingerprint density at radius 1 is 1.39 bits per heavy atom. The van der Waals surface area contributed by atoms with Crippen molar-refractivity contribution in [3.05, 3.63) is 28.8 Å². The summed E-state index contributed by atoms with van der Waals surface area (Å²) in [5.41, 5.74) is 2.57. The van der Waals surface area contributed by atoms with Gasteiger partial charge in [-0.2, -0.15) is 0 Å². The van der Waals surface area contributed by atoms with E-state index in [4.69, 9.17) is 17.5 Å². The number of hydrogen-bond donors (Lipinski definition) is 1. The Labute approximate surface area is 114 Å². The minimum absolute atomic E-state index is 0.671. The summed E-state index contributed by atoms with van der Waals surface area (Å²) in [6, 6.07) is 6.13. The predicted octanol–water partition coefficient (Wildman–Crippen LogP) is 3.15. The first-order valence-electron chi connectivity index (χ1n) is 6.53. The highest BCUT2D eigenvalue weighted by molar-refractivity contribution is 6.30. The van der Waals surface area contributed by atoms with Crippen molar-refractivity contribution in [1.82, 2.24) is 0 Å². The molecule has 0 aliphatic carbocycles. The Morgan fingerprint density at radius 2 is 2.11 bits per heavy atom. The predicted molar refractivity (Wildman–Crippen MR) is 75.9 cm³/mol. The van der Waals surface area contributed by atoms with Gasteiger partial charge < -0.3 is 9.74 Å². The molecule has 0 spiro atoms. The molecule has 3 nitrogen and oxygen atoms in total. The number of aryl methyl sites for hydroxylation is 1. The summed E-state index contributed by atoms with van der Waals surface area (Å²) < 4.78 is 0. The number of anilines is 1. The Balaban J connectivity index is 1.93. The van der Waals surface area contributed by atoms with E-state index in [1.807, 2.05) is 12.1 Å². The summed E-state index contributed by atoms with van der Waals surface area (Å²) in [6.45, 7) is 5.01. The van der Waals surface area contributed by atoms with Gasteiger partial charge in [-0.15, -0.1) is 0 Å². The molecule has 1 aromatic carbocycles. The molecule has 18 heavy (non-hydrogen) atoms. The average molecular weight is 269 g/mol. The van der Waals surface area contributed by atoms with Gasteiger partial charge in [-0.1, -0.05) is 11.6 Å². The fraction of sp³-hybridized carbons (Fsp3) is 0.571. The van der Waals surface area contributed by atoms with Crippen molar-refractivity contribution in [3.8, 4) is 0 Å². The highest BCUT2D eigenvalue weighted by Gasteiger charge is 2.20. The first kappa shape index (κ1) is 13.7. The molecule has 0 aromatic heterocycles. The lowest BCUT2D eigenvalue weighted by atomic mass is 9.93. The zero-order chi connectivity index (χ0) is 13.0. The third-order valence-corrected chi connectivity index (χ3v) is 3.99. The van der Waals surface area contributed by atoms with E-state index in [1.165, 1.54) is 24.1 Å². The molecule has 4 heteroatoms. The van der Waals surface area contributed by atoms with Gasteiger partial charge in [0.1, 0.15) is 0 Å². The summed E-state index contributed by atoms with van der Waals surface area (Å²) in [5.74, 6) is 5.82. The molecular weight excluding hydrogens is 248 g/mol. The molecule has 0 unspecified atom stereocenters. The van der Waals surface area contributed by atoms with Crippen LogP contribution in [-0.4, -0.2) is 19.7 Å². The maximum Gasteiger partial charge on any atom is 0.0681 e. The van der Waals surface area contributed by atoms with Crippen LogP contribution in [0.4, 0.5) is 5.69 Å². The van der Waals surface area contributed by atoms with Crippen molar-refractivity contribution >= 4 is 17.3 Å². The van der Waals surface area contributed by atoms with Gasteiger partial charge in [-0.05, 0) is 55.9 Å². The molecule has 1 fully saturated rings. The van der Waals surface area contributed by atoms with Gasteiger partial charge in [0, 0.05) is 23.8 Å². The number of halogens is 1. The SMILES string of the molecule is Cc1cc(Cl)ccc1N1CCC(CCON)CC1. The lowest BCUT2D eigenvalue weighted by Crippen LogP contribution is -2.34. The second-order valence-corrected chi connectivity index (χ2v) is 5.46. The Kier molecular flexibility index (Phi) is 4.87. The standard InChI is InChI=1S/C14H21ClN2O/c1-11-10-13(15)2-3-14(11)17-7-4-12(5-8-17)6-9-18-16/h2-3,10,12H,4-9,16H2,1H3. The zero-order valence-corrected chi connectivity index (χ0v) is 11.6. The van der Waals surface area contributed by atoms with E-state index in [2.05, 4.69) is 22.7 Å². The zero-order valence-electron chi connectivity index (χ0n) is 10.9. The van der Waals surface area contributed by atoms with Crippen LogP contribution < -0.4 is 10.8 Å². The molecule has 0 atom stereocenters. The molecule has 1 aromatic rings. The van der Waals surface area contributed by atoms with Gasteiger partial charge in [-0.3, -0.25) is 0 Å². The highest BCUT2D eigenvalue weighted by Crippen LogP contribution is 2.28. The van der Waals surface area contributed by atoms with Crippen LogP contribution in [0.5, 0.6) is 0 Å². The summed E-state index contributed by atoms with van der Waals surface area (Å²) in [7, 11) is 0. The minimum atomic E-state index is 0.671. The molecule has 1 heterocycles. The number of hydrogen-bond acceptors (Lipinski definition) is 3. The second-order valence-electron chi connectivity index (χ2n) is 5.02. The largest absolute Gasteiger partial charge is 0.371 e. The quantitative estimate of drug-likeness (QED) is 0.853. The van der Waals surface area contributed by atoms with E-state index in [0.717, 1.165) is 30.5 Å². The Hall–Kier alpha value is -0.770. The topological polar surface area (TPSA) is 38.5 Å². The normalized spacial score (nSPS) is 17.2. The van der Waals surface area contributed by atoms with Crippen LogP contribution in [-0.2, 0) is 4.84 Å². The molecular formula is C14H21ClN2O. The second kappa shape index (κ2) is 6.41. The minimum Gasteiger partial charge on any atom is -0.371 e. The fourth-order valence-electron chi connectivity index (χ4n) is 2.67. The first-order chi connectivity index (χ1) is 8.70. The monoisotopic (exact) mass is 268 g/mol. The van der Waals surface area contributed by atoms with Crippen LogP contribution in [0.25, 0.3) is 0 Å². The van der Waals surface area contributed by atoms with Gasteiger partial charge in [-0.25, -0.2) is 5.90 Å². The van der Waals surface area contributed by atoms with Gasteiger partial charge in [0.15, 0.2) is 0 Å². The van der Waals surface area contributed by atoms with Crippen LogP contribution in [0.2, 0.25) is 5.02 Å². The maximum absolute atomic E-state index is 5.99. The third kappa shape index (κ3) is 3.37. The number of benzene rings is 1. The van der Waals surface area contributed by atoms with E-state index < -0.39 is 0 Å². The summed E-state index contributed by atoms with van der Waals surface area (Å²) in [6.07, 6.45) is 3.50. The number of piperidine rings is 1. The Bertz CT molecular complexity index is 389. The molecule has 0 bridgehead atoms. The first-order valence-corrected chi connectivity index (χ1v) is 6.91. The molecule has 100 valence electrons. The van der Waals surface area contributed by atoms with Crippen LogP contribution in [0.1, 0.15) is 24.8 Å². The van der Waals surface area contributed by atoms with Crippen LogP contribution in [0, 0.1) is 12.8 Å². The van der Waals surface area contributed by atoms with Gasteiger partial charge >= 0.3 is 0 Å². The van der Waals surface area contributed by atoms with Gasteiger partial charge in [0.05, 0.1) is 6.61 Å². The number of rotatable bonds is 4. The summed E-state index contributed by atoms with van der Waals surface area (Å²) in [5, 5.41) is 0.811. The fourth-order valence-corrected chi connectivity index (χ4v) is 2.90. The van der Waals surface area contributed by atoms with Crippen molar-refractivity contribution in [3.63, 3.8) is 0 Å². The van der Waals surface area contributed by atoms with E-state index in [-0.39, 0.29) is 0 Å². The molecule has 0 radical (unpaired) electrons. The van der Waals surface area contributed by atoms with E-state index in [9.17, 15) is 0 Å². The molecule has 1 saturated heterocycles. The van der Waals surface area contributed by atoms with Gasteiger partial charge in [0.2, 0.25) is 0 Å². The van der Waals surface area contributed by atoms with Gasteiger partial charge in [0.25, 0.3) is 0 Å². The van der Waals surface area contributed by atoms with Crippen molar-refractivity contribution in [1.29, 1.82) is 0 Å². The van der Waals surface area contributed by atoms with Crippen LogP contribution in [0.3, 0.4) is 0 Å². The summed E-state index contributed by atoms with van der Waals surface area (Å²) >= 11 is 5.99. The molecule has 1 aliphatic rings. The smallest absolute Gasteiger partial charge is 0.0681 e. The van der Waals surface area contributed by atoms with Crippen molar-refractivity contribution in [2.24, 2.45) is 11.8 Å². The molecule has 0 saturated carbocycles. The Morgan fingerprint density at radius 3 is 2.72 bits per heavy atom. The number of nitrogens with two attached hydrogens (primary N) is 1. The van der Waals surface area contributed by atoms with E-state index in [0.29, 0.717) is 6.61 Å². The molecule has 2 N–H and O–H groups in total. The van der Waals surface area contributed by atoms with Crippen molar-refractivity contribution < 1.29 is 4.84 Å². The van der Waals surface area contributed by atoms with Crippen LogP contribution in [0.15, 0.2) is 18.2 Å². The average Bonchev–Trinajstić information content (AvgIpc) is 2.37. The van der Waals surface area contributed by atoms with Crippen LogP contribution >= 0.6 is 11.6 Å². The van der Waals surface area contributed by atoms with Crippen molar-refractivity contribution in [2.45, 2.75) is 26.2 Å². The lowest BCUT2D eigenvalue weighted by Gasteiger charge is -2.34. The van der Waals surface area contributed by atoms with E-state index in [1.54, 1.807) is 0 Å². The highest BCUT2D eigenvalue weighted by atomic mass is 35.5. The van der Waals surface area contributed by atoms with E-state index >= 15 is 0 Å². The third-order valence-electron chi connectivity index (χ3n) is 3.76. The van der Waals surface area contributed by atoms with Crippen molar-refractivity contribution in [2.75, 3.05) is 24.6 Å². The summed E-state index contributed by atoms with van der Waals surface area (Å²) in [4.78, 5) is 7.11. The lowest BCUT2D eigenvalue weighted by molar-refractivity contribution is 0.118. The molecule has 0 amide bonds.